The molecule has 0 spiro atoms. The lowest BCUT2D eigenvalue weighted by Crippen LogP contribution is -2.51. The van der Waals surface area contributed by atoms with Crippen LogP contribution in [-0.2, 0) is 19.8 Å². The Morgan fingerprint density at radius 3 is 2.60 bits per heavy atom. The monoisotopic (exact) mass is 488 g/mol. The van der Waals surface area contributed by atoms with Crippen LogP contribution in [0, 0.1) is 0 Å². The standard InChI is InChI=1S/C25H27F3N4O3/c1-31(15-16-7-4-3-5-8-16)22-20(29-24(34)19-11-12-32(2)30-19)14-21(23(22)33)35-18-10-6-9-17(13-18)25(26,27)28/h3-13,20-23,33H,14-15H2,1-2H3,(H,29,34)/t20-,21-,22+,23+/m1/s1. The zero-order chi connectivity index (χ0) is 25.2. The number of rotatable bonds is 7. The van der Waals surface area contributed by atoms with E-state index in [2.05, 4.69) is 10.4 Å². The predicted octanol–water partition coefficient (Wildman–Crippen LogP) is 3.25. The van der Waals surface area contributed by atoms with Crippen molar-refractivity contribution in [2.75, 3.05) is 7.05 Å². The minimum absolute atomic E-state index is 0.00467. The van der Waals surface area contributed by atoms with Crippen molar-refractivity contribution in [3.63, 3.8) is 0 Å². The number of hydrogen-bond acceptors (Lipinski definition) is 5. The molecule has 35 heavy (non-hydrogen) atoms. The van der Waals surface area contributed by atoms with E-state index in [0.29, 0.717) is 6.54 Å². The van der Waals surface area contributed by atoms with Crippen molar-refractivity contribution < 1.29 is 27.8 Å². The number of hydrogen-bond donors (Lipinski definition) is 2. The maximum atomic E-state index is 13.1. The van der Waals surface area contributed by atoms with Gasteiger partial charge in [0, 0.05) is 26.2 Å². The molecule has 4 rings (SSSR count). The topological polar surface area (TPSA) is 79.6 Å². The fraction of sp³-hybridized carbons (Fsp3) is 0.360. The van der Waals surface area contributed by atoms with Gasteiger partial charge in [-0.25, -0.2) is 0 Å². The van der Waals surface area contributed by atoms with Gasteiger partial charge < -0.3 is 15.2 Å². The molecule has 10 heteroatoms. The van der Waals surface area contributed by atoms with Crippen LogP contribution >= 0.6 is 0 Å². The molecule has 1 aliphatic rings. The maximum absolute atomic E-state index is 13.1. The Morgan fingerprint density at radius 1 is 1.20 bits per heavy atom. The molecule has 3 aromatic rings. The summed E-state index contributed by atoms with van der Waals surface area (Å²) in [6.07, 6.45) is -4.54. The Hall–Kier alpha value is -3.37. The number of aliphatic hydroxyl groups is 1. The van der Waals surface area contributed by atoms with Gasteiger partial charge in [0.25, 0.3) is 5.91 Å². The second-order valence-corrected chi connectivity index (χ2v) is 8.75. The summed E-state index contributed by atoms with van der Waals surface area (Å²) in [5.41, 5.74) is 0.410. The summed E-state index contributed by atoms with van der Waals surface area (Å²) in [6.45, 7) is 0.495. The lowest BCUT2D eigenvalue weighted by atomic mass is 10.1. The summed E-state index contributed by atoms with van der Waals surface area (Å²) in [7, 11) is 3.53. The minimum atomic E-state index is -4.51. The van der Waals surface area contributed by atoms with Gasteiger partial charge in [-0.1, -0.05) is 36.4 Å². The van der Waals surface area contributed by atoms with Crippen molar-refractivity contribution in [3.05, 3.63) is 83.7 Å². The number of likely N-dealkylation sites (N-methyl/N-ethyl adjacent to an activating group) is 1. The molecule has 1 aliphatic carbocycles. The Kier molecular flexibility index (Phi) is 7.13. The van der Waals surface area contributed by atoms with Gasteiger partial charge in [-0.3, -0.25) is 14.4 Å². The third kappa shape index (κ3) is 5.83. The molecule has 0 bridgehead atoms. The van der Waals surface area contributed by atoms with E-state index in [1.54, 1.807) is 19.3 Å². The van der Waals surface area contributed by atoms with E-state index in [0.717, 1.165) is 17.7 Å². The average Bonchev–Trinajstić information content (AvgIpc) is 3.37. The zero-order valence-corrected chi connectivity index (χ0v) is 19.3. The molecule has 2 aromatic carbocycles. The second-order valence-electron chi connectivity index (χ2n) is 8.75. The summed E-state index contributed by atoms with van der Waals surface area (Å²) in [5.74, 6) is -0.398. The van der Waals surface area contributed by atoms with Crippen LogP contribution in [0.5, 0.6) is 5.75 Å². The van der Waals surface area contributed by atoms with Crippen molar-refractivity contribution in [1.82, 2.24) is 20.0 Å². The van der Waals surface area contributed by atoms with E-state index in [-0.39, 0.29) is 17.9 Å². The Morgan fingerprint density at radius 2 is 1.94 bits per heavy atom. The molecule has 1 amide bonds. The first kappa shape index (κ1) is 24.7. The lowest BCUT2D eigenvalue weighted by molar-refractivity contribution is -0.137. The zero-order valence-electron chi connectivity index (χ0n) is 19.3. The van der Waals surface area contributed by atoms with E-state index in [4.69, 9.17) is 4.74 Å². The van der Waals surface area contributed by atoms with E-state index in [1.165, 1.54) is 16.8 Å². The van der Waals surface area contributed by atoms with Crippen molar-refractivity contribution in [2.45, 2.75) is 43.4 Å². The van der Waals surface area contributed by atoms with Gasteiger partial charge in [0.1, 0.15) is 23.7 Å². The molecule has 1 heterocycles. The normalized spacial score (nSPS) is 22.4. The van der Waals surface area contributed by atoms with Crippen molar-refractivity contribution in [1.29, 1.82) is 0 Å². The molecule has 7 nitrogen and oxygen atoms in total. The highest BCUT2D eigenvalue weighted by atomic mass is 19.4. The third-order valence-electron chi connectivity index (χ3n) is 6.12. The van der Waals surface area contributed by atoms with E-state index in [1.807, 2.05) is 42.3 Å². The molecule has 0 unspecified atom stereocenters. The number of carbonyl (C=O) groups excluding carboxylic acids is 1. The number of alkyl halides is 3. The smallest absolute Gasteiger partial charge is 0.416 e. The number of carbonyl (C=O) groups is 1. The van der Waals surface area contributed by atoms with E-state index >= 15 is 0 Å². The van der Waals surface area contributed by atoms with Crippen LogP contribution < -0.4 is 10.1 Å². The van der Waals surface area contributed by atoms with Gasteiger partial charge in [0.2, 0.25) is 0 Å². The van der Waals surface area contributed by atoms with Gasteiger partial charge in [0.05, 0.1) is 17.6 Å². The van der Waals surface area contributed by atoms with Gasteiger partial charge in [-0.15, -0.1) is 0 Å². The van der Waals surface area contributed by atoms with Crippen LogP contribution in [0.2, 0.25) is 0 Å². The molecule has 2 N–H and O–H groups in total. The van der Waals surface area contributed by atoms with Crippen LogP contribution in [-0.4, -0.2) is 57.0 Å². The van der Waals surface area contributed by atoms with Gasteiger partial charge in [-0.2, -0.15) is 18.3 Å². The molecule has 0 saturated heterocycles. The molecule has 0 aliphatic heterocycles. The highest BCUT2D eigenvalue weighted by Crippen LogP contribution is 2.34. The molecule has 186 valence electrons. The number of nitrogens with zero attached hydrogens (tertiary/aromatic N) is 3. The summed E-state index contributed by atoms with van der Waals surface area (Å²) < 4.78 is 46.7. The number of benzene rings is 2. The largest absolute Gasteiger partial charge is 0.488 e. The Balaban J connectivity index is 1.55. The van der Waals surface area contributed by atoms with Gasteiger partial charge in [0.15, 0.2) is 0 Å². The van der Waals surface area contributed by atoms with E-state index in [9.17, 15) is 23.1 Å². The number of amides is 1. The summed E-state index contributed by atoms with van der Waals surface area (Å²) >= 11 is 0. The Labute approximate surface area is 201 Å². The van der Waals surface area contributed by atoms with Crippen molar-refractivity contribution in [2.24, 2.45) is 7.05 Å². The summed E-state index contributed by atoms with van der Waals surface area (Å²) in [4.78, 5) is 14.7. The maximum Gasteiger partial charge on any atom is 0.416 e. The summed E-state index contributed by atoms with van der Waals surface area (Å²) in [5, 5.41) is 18.2. The van der Waals surface area contributed by atoms with Crippen molar-refractivity contribution >= 4 is 5.91 Å². The number of nitrogens with one attached hydrogen (secondary N) is 1. The first-order valence-corrected chi connectivity index (χ1v) is 11.2. The highest BCUT2D eigenvalue weighted by Gasteiger charge is 2.47. The van der Waals surface area contributed by atoms with E-state index < -0.39 is 41.9 Å². The van der Waals surface area contributed by atoms with Crippen LogP contribution in [0.1, 0.15) is 28.0 Å². The average molecular weight is 489 g/mol. The fourth-order valence-corrected chi connectivity index (χ4v) is 4.49. The fourth-order valence-electron chi connectivity index (χ4n) is 4.49. The molecule has 1 fully saturated rings. The molecule has 1 saturated carbocycles. The first-order chi connectivity index (χ1) is 16.6. The second kappa shape index (κ2) is 10.1. The minimum Gasteiger partial charge on any atom is -0.488 e. The number of aromatic nitrogens is 2. The molecule has 1 aromatic heterocycles. The van der Waals surface area contributed by atoms with Gasteiger partial charge >= 0.3 is 6.18 Å². The Bertz CT molecular complexity index is 1150. The molecule has 4 atom stereocenters. The number of ether oxygens (including phenoxy) is 1. The molecular weight excluding hydrogens is 461 g/mol. The third-order valence-corrected chi connectivity index (χ3v) is 6.12. The van der Waals surface area contributed by atoms with Gasteiger partial charge in [-0.05, 0) is 36.9 Å². The summed E-state index contributed by atoms with van der Waals surface area (Å²) in [6, 6.07) is 14.7. The highest BCUT2D eigenvalue weighted by molar-refractivity contribution is 5.92. The SMILES string of the molecule is CN(Cc1ccccc1)[C@@H]1[C@@H](O)[C@H](Oc2cccc(C(F)(F)F)c2)C[C@H]1NC(=O)c1ccn(C)n1. The lowest BCUT2D eigenvalue weighted by Gasteiger charge is -2.32. The van der Waals surface area contributed by atoms with Crippen molar-refractivity contribution in [3.8, 4) is 5.75 Å². The van der Waals surface area contributed by atoms with Crippen LogP contribution in [0.25, 0.3) is 0 Å². The number of halogens is 3. The first-order valence-electron chi connectivity index (χ1n) is 11.2. The number of aryl methyl sites for hydroxylation is 1. The van der Waals surface area contributed by atoms with Crippen LogP contribution in [0.15, 0.2) is 66.9 Å². The predicted molar refractivity (Wildman–Crippen MR) is 123 cm³/mol. The quantitative estimate of drug-likeness (QED) is 0.534. The van der Waals surface area contributed by atoms with Crippen LogP contribution in [0.4, 0.5) is 13.2 Å². The molecular formula is C25H27F3N4O3. The van der Waals surface area contributed by atoms with Crippen LogP contribution in [0.3, 0.4) is 0 Å². The number of aliphatic hydroxyl groups excluding tert-OH is 1. The molecule has 0 radical (unpaired) electrons.